The molecular formula is C30H34N2O4S. The van der Waals surface area contributed by atoms with Gasteiger partial charge in [0.2, 0.25) is 0 Å². The first kappa shape index (κ1) is 25.6. The van der Waals surface area contributed by atoms with E-state index in [-0.39, 0.29) is 24.2 Å². The van der Waals surface area contributed by atoms with Crippen LogP contribution in [0.3, 0.4) is 0 Å². The number of aryl methyl sites for hydroxylation is 3. The minimum absolute atomic E-state index is 0.0846. The molecule has 194 valence electrons. The smallest absolute Gasteiger partial charge is 0.331 e. The van der Waals surface area contributed by atoms with Gasteiger partial charge in [-0.25, -0.2) is 4.79 Å². The van der Waals surface area contributed by atoms with Crippen LogP contribution in [0.15, 0.2) is 58.1 Å². The zero-order chi connectivity index (χ0) is 26.1. The second kappa shape index (κ2) is 10.8. The van der Waals surface area contributed by atoms with Gasteiger partial charge in [0, 0.05) is 32.0 Å². The largest absolute Gasteiger partial charge is 0.368 e. The fourth-order valence-electron chi connectivity index (χ4n) is 4.86. The summed E-state index contributed by atoms with van der Waals surface area (Å²) in [5.74, 6) is 0.900. The molecule has 1 atom stereocenters. The highest BCUT2D eigenvalue weighted by Gasteiger charge is 2.23. The molecule has 0 saturated heterocycles. The fraction of sp³-hybridized carbons (Fsp3) is 0.400. The van der Waals surface area contributed by atoms with Gasteiger partial charge in [-0.15, -0.1) is 11.3 Å². The number of methoxy groups -OCH3 is 1. The summed E-state index contributed by atoms with van der Waals surface area (Å²) in [6, 6.07) is 17.0. The number of nitrogens with zero attached hydrogens (tertiary/aromatic N) is 2. The molecule has 0 amide bonds. The average Bonchev–Trinajstić information content (AvgIpc) is 3.67. The molecular weight excluding hydrogens is 484 g/mol. The van der Waals surface area contributed by atoms with Crippen molar-refractivity contribution in [2.75, 3.05) is 7.11 Å². The fourth-order valence-corrected chi connectivity index (χ4v) is 6.14. The highest BCUT2D eigenvalue weighted by atomic mass is 32.1. The first-order valence-corrected chi connectivity index (χ1v) is 13.8. The van der Waals surface area contributed by atoms with Gasteiger partial charge in [-0.1, -0.05) is 66.9 Å². The van der Waals surface area contributed by atoms with Crippen molar-refractivity contribution in [2.45, 2.75) is 58.3 Å². The summed E-state index contributed by atoms with van der Waals surface area (Å²) >= 11 is 1.50. The first-order chi connectivity index (χ1) is 17.9. The Hall–Kier alpha value is -3.00. The molecule has 7 heteroatoms. The van der Waals surface area contributed by atoms with E-state index in [1.165, 1.54) is 53.4 Å². The Kier molecular flexibility index (Phi) is 7.47. The van der Waals surface area contributed by atoms with Crippen molar-refractivity contribution < 1.29 is 9.84 Å². The highest BCUT2D eigenvalue weighted by molar-refractivity contribution is 7.22. The van der Waals surface area contributed by atoms with Gasteiger partial charge in [-0.05, 0) is 54.4 Å². The molecule has 0 aliphatic heterocycles. The summed E-state index contributed by atoms with van der Waals surface area (Å²) in [5.41, 5.74) is 4.94. The maximum absolute atomic E-state index is 13.8. The van der Waals surface area contributed by atoms with Crippen molar-refractivity contribution >= 4 is 21.6 Å². The minimum Gasteiger partial charge on any atom is -0.368 e. The van der Waals surface area contributed by atoms with Crippen LogP contribution in [-0.4, -0.2) is 27.6 Å². The van der Waals surface area contributed by atoms with Crippen LogP contribution in [0.2, 0.25) is 0 Å². The number of aliphatic hydroxyl groups excluding tert-OH is 1. The third-order valence-electron chi connectivity index (χ3n) is 7.40. The van der Waals surface area contributed by atoms with Crippen molar-refractivity contribution in [1.82, 2.24) is 9.13 Å². The normalized spacial score (nSPS) is 14.4. The van der Waals surface area contributed by atoms with Crippen LogP contribution >= 0.6 is 11.3 Å². The molecule has 37 heavy (non-hydrogen) atoms. The Morgan fingerprint density at radius 2 is 1.73 bits per heavy atom. The van der Waals surface area contributed by atoms with Gasteiger partial charge in [-0.3, -0.25) is 13.9 Å². The summed E-state index contributed by atoms with van der Waals surface area (Å²) < 4.78 is 7.71. The third kappa shape index (κ3) is 5.49. The van der Waals surface area contributed by atoms with Gasteiger partial charge in [0.05, 0.1) is 5.39 Å². The number of aliphatic hydroxyl groups is 1. The Bertz CT molecular complexity index is 1510. The SMILES string of the molecule is COC(O)CCn1c(=O)c2c(Cc3ccc(C)cc3)c(-c3ccc(CCC4CC4)cc3)sc2n(C)c1=O. The van der Waals surface area contributed by atoms with E-state index < -0.39 is 6.29 Å². The second-order valence-electron chi connectivity index (χ2n) is 10.2. The number of ether oxygens (including phenoxy) is 1. The van der Waals surface area contributed by atoms with Gasteiger partial charge in [-0.2, -0.15) is 0 Å². The van der Waals surface area contributed by atoms with Gasteiger partial charge >= 0.3 is 5.69 Å². The molecule has 6 nitrogen and oxygen atoms in total. The highest BCUT2D eigenvalue weighted by Crippen LogP contribution is 2.39. The van der Waals surface area contributed by atoms with E-state index in [1.807, 2.05) is 0 Å². The minimum atomic E-state index is -1.03. The number of fused-ring (bicyclic) bond motifs is 1. The van der Waals surface area contributed by atoms with Gasteiger partial charge in [0.15, 0.2) is 6.29 Å². The average molecular weight is 519 g/mol. The van der Waals surface area contributed by atoms with Crippen LogP contribution in [-0.2, 0) is 31.2 Å². The molecule has 0 radical (unpaired) electrons. The van der Waals surface area contributed by atoms with Gasteiger partial charge in [0.1, 0.15) is 4.83 Å². The van der Waals surface area contributed by atoms with E-state index >= 15 is 0 Å². The molecule has 1 unspecified atom stereocenters. The molecule has 1 aliphatic carbocycles. The topological polar surface area (TPSA) is 73.5 Å². The molecule has 0 bridgehead atoms. The van der Waals surface area contributed by atoms with Crippen molar-refractivity contribution in [3.05, 3.63) is 91.6 Å². The zero-order valence-electron chi connectivity index (χ0n) is 21.7. The molecule has 2 aromatic heterocycles. The summed E-state index contributed by atoms with van der Waals surface area (Å²) in [7, 11) is 3.11. The van der Waals surface area contributed by atoms with Gasteiger partial charge < -0.3 is 9.84 Å². The van der Waals surface area contributed by atoms with E-state index in [9.17, 15) is 14.7 Å². The molecule has 4 aromatic rings. The van der Waals surface area contributed by atoms with Gasteiger partial charge in [0.25, 0.3) is 5.56 Å². The van der Waals surface area contributed by atoms with Crippen molar-refractivity contribution in [3.8, 4) is 10.4 Å². The summed E-state index contributed by atoms with van der Waals surface area (Å²) in [6.45, 7) is 2.14. The van der Waals surface area contributed by atoms with Crippen LogP contribution in [0.25, 0.3) is 20.7 Å². The second-order valence-corrected chi connectivity index (χ2v) is 11.2. The van der Waals surface area contributed by atoms with Crippen LogP contribution in [0, 0.1) is 12.8 Å². The Morgan fingerprint density at radius 1 is 1.05 bits per heavy atom. The lowest BCUT2D eigenvalue weighted by Crippen LogP contribution is -2.39. The van der Waals surface area contributed by atoms with Crippen molar-refractivity contribution in [2.24, 2.45) is 13.0 Å². The number of hydrogen-bond acceptors (Lipinski definition) is 5. The summed E-state index contributed by atoms with van der Waals surface area (Å²) in [5, 5.41) is 10.4. The number of aromatic nitrogens is 2. The van der Waals surface area contributed by atoms with Crippen LogP contribution in [0.4, 0.5) is 0 Å². The Morgan fingerprint density at radius 3 is 2.38 bits per heavy atom. The molecule has 5 rings (SSSR count). The molecule has 1 saturated carbocycles. The maximum Gasteiger partial charge on any atom is 0.331 e. The predicted molar refractivity (Wildman–Crippen MR) is 149 cm³/mol. The van der Waals surface area contributed by atoms with Crippen molar-refractivity contribution in [1.29, 1.82) is 0 Å². The lowest BCUT2D eigenvalue weighted by Gasteiger charge is -2.12. The van der Waals surface area contributed by atoms with Crippen molar-refractivity contribution in [3.63, 3.8) is 0 Å². The van der Waals surface area contributed by atoms with E-state index in [4.69, 9.17) is 4.74 Å². The number of hydrogen-bond donors (Lipinski definition) is 1. The van der Waals surface area contributed by atoms with Crippen LogP contribution in [0.5, 0.6) is 0 Å². The monoisotopic (exact) mass is 518 g/mol. The molecule has 1 aliphatic rings. The lowest BCUT2D eigenvalue weighted by molar-refractivity contribution is -0.0805. The Labute approximate surface area is 220 Å². The van der Waals surface area contributed by atoms with Crippen LogP contribution < -0.4 is 11.2 Å². The third-order valence-corrected chi connectivity index (χ3v) is 8.76. The quantitative estimate of drug-likeness (QED) is 0.299. The number of rotatable bonds is 10. The molecule has 0 spiro atoms. The van der Waals surface area contributed by atoms with E-state index in [1.54, 1.807) is 11.6 Å². The maximum atomic E-state index is 13.8. The summed E-state index contributed by atoms with van der Waals surface area (Å²) in [6.07, 6.45) is 4.79. The molecule has 2 aromatic carbocycles. The number of benzene rings is 2. The standard InChI is InChI=1S/C30H34N2O4S/c1-19-4-6-22(7-5-19)18-24-26-28(34)32(17-16-25(33)36-3)30(35)31(2)29(26)37-27(24)23-14-12-21(13-15-23)11-10-20-8-9-20/h4-7,12-15,20,25,33H,8-11,16-18H2,1-3H3. The lowest BCUT2D eigenvalue weighted by atomic mass is 9.98. The molecule has 1 N–H and O–H groups in total. The number of thiophene rings is 1. The van der Waals surface area contributed by atoms with E-state index in [0.29, 0.717) is 16.6 Å². The first-order valence-electron chi connectivity index (χ1n) is 13.0. The van der Waals surface area contributed by atoms with E-state index in [2.05, 4.69) is 55.5 Å². The predicted octanol–water partition coefficient (Wildman–Crippen LogP) is 5.03. The molecule has 1 fully saturated rings. The molecule has 2 heterocycles. The zero-order valence-corrected chi connectivity index (χ0v) is 22.5. The van der Waals surface area contributed by atoms with E-state index in [0.717, 1.165) is 33.9 Å². The Balaban J connectivity index is 1.62. The summed E-state index contributed by atoms with van der Waals surface area (Å²) in [4.78, 5) is 28.6. The van der Waals surface area contributed by atoms with Crippen LogP contribution in [0.1, 0.15) is 47.9 Å².